The van der Waals surface area contributed by atoms with E-state index in [1.54, 1.807) is 26.0 Å². The third kappa shape index (κ3) is 3.07. The minimum atomic E-state index is -2.35. The molecule has 2 fully saturated rings. The van der Waals surface area contributed by atoms with Gasteiger partial charge < -0.3 is 9.47 Å². The lowest BCUT2D eigenvalue weighted by molar-refractivity contribution is -0.0777. The largest absolute Gasteiger partial charge is 0.448 e. The molecule has 1 aliphatic carbocycles. The summed E-state index contributed by atoms with van der Waals surface area (Å²) in [7, 11) is 0. The molecule has 194 valence electrons. The summed E-state index contributed by atoms with van der Waals surface area (Å²) in [6.45, 7) is 7.35. The maximum Gasteiger partial charge on any atom is 0.433 e. The van der Waals surface area contributed by atoms with Gasteiger partial charge in [-0.2, -0.15) is 25.6 Å². The number of nitrogens with zero attached hydrogens (tertiary/aromatic N) is 6. The number of hydrogen-bond donors (Lipinski definition) is 0. The molecule has 10 heteroatoms. The highest BCUT2D eigenvalue weighted by molar-refractivity contribution is 6.05. The van der Waals surface area contributed by atoms with Crippen molar-refractivity contribution < 1.29 is 19.1 Å². The van der Waals surface area contributed by atoms with Gasteiger partial charge in [0.15, 0.2) is 5.66 Å². The second-order valence-corrected chi connectivity index (χ2v) is 9.95. The molecular formula is C28H28N6O4. The summed E-state index contributed by atoms with van der Waals surface area (Å²) < 4.78 is 10.8. The summed E-state index contributed by atoms with van der Waals surface area (Å²) in [5.41, 5.74) is -2.22. The number of nitriles is 2. The van der Waals surface area contributed by atoms with E-state index in [4.69, 9.17) is 14.6 Å². The Hall–Kier alpha value is -4.57. The Bertz CT molecular complexity index is 1370. The van der Waals surface area contributed by atoms with Gasteiger partial charge in [-0.05, 0) is 24.8 Å². The van der Waals surface area contributed by atoms with Crippen molar-refractivity contribution in [2.45, 2.75) is 39.0 Å². The predicted molar refractivity (Wildman–Crippen MR) is 135 cm³/mol. The minimum Gasteiger partial charge on any atom is -0.448 e. The van der Waals surface area contributed by atoms with Crippen LogP contribution in [0.25, 0.3) is 0 Å². The van der Waals surface area contributed by atoms with Crippen LogP contribution in [-0.2, 0) is 15.1 Å². The van der Waals surface area contributed by atoms with Gasteiger partial charge in [-0.3, -0.25) is 0 Å². The molecule has 1 saturated carbocycles. The number of benzene rings is 2. The lowest BCUT2D eigenvalue weighted by Crippen LogP contribution is -2.59. The van der Waals surface area contributed by atoms with Gasteiger partial charge >= 0.3 is 17.8 Å². The number of hydrazone groups is 1. The Morgan fingerprint density at radius 3 is 1.95 bits per heavy atom. The number of hydrogen-bond acceptors (Lipinski definition) is 8. The second-order valence-electron chi connectivity index (χ2n) is 9.95. The average Bonchev–Trinajstić information content (AvgIpc) is 3.40. The zero-order valence-electron chi connectivity index (χ0n) is 21.7. The van der Waals surface area contributed by atoms with E-state index in [9.17, 15) is 20.1 Å². The van der Waals surface area contributed by atoms with E-state index in [1.807, 2.05) is 60.7 Å². The summed E-state index contributed by atoms with van der Waals surface area (Å²) in [5.74, 6) is -0.523. The summed E-state index contributed by atoms with van der Waals surface area (Å²) in [6.07, 6.45) is -1.92. The van der Waals surface area contributed by atoms with Crippen LogP contribution in [0.2, 0.25) is 0 Å². The smallest absolute Gasteiger partial charge is 0.433 e. The van der Waals surface area contributed by atoms with E-state index in [2.05, 4.69) is 13.8 Å². The first-order valence-electron chi connectivity index (χ1n) is 12.5. The standard InChI is InChI=1S/C28H28N6O4/c1-5-37-24(35)32-27(17-29,18-30)34-28(20-15-11-8-12-16-20,33(32)25(36)38-6-2)23-21(26(23,3)4)22(31-34)19-13-9-7-10-14-19/h7-16,21,23H,5-6H2,1-4H3/t21-,23+,28-/m1/s1. The van der Waals surface area contributed by atoms with Crippen LogP contribution >= 0.6 is 0 Å². The van der Waals surface area contributed by atoms with Crippen molar-refractivity contribution in [2.24, 2.45) is 22.4 Å². The Labute approximate surface area is 221 Å². The van der Waals surface area contributed by atoms with E-state index in [-0.39, 0.29) is 25.0 Å². The fourth-order valence-electron chi connectivity index (χ4n) is 6.18. The molecule has 2 aromatic carbocycles. The van der Waals surface area contributed by atoms with Gasteiger partial charge in [0.1, 0.15) is 12.1 Å². The highest BCUT2D eigenvalue weighted by atomic mass is 16.6. The van der Waals surface area contributed by atoms with Crippen molar-refractivity contribution in [1.82, 2.24) is 15.0 Å². The van der Waals surface area contributed by atoms with Gasteiger partial charge in [0.25, 0.3) is 0 Å². The lowest BCUT2D eigenvalue weighted by Gasteiger charge is -2.44. The highest BCUT2D eigenvalue weighted by Gasteiger charge is 2.83. The van der Waals surface area contributed by atoms with Crippen LogP contribution in [0, 0.1) is 39.9 Å². The highest BCUT2D eigenvalue weighted by Crippen LogP contribution is 2.73. The Morgan fingerprint density at radius 2 is 1.42 bits per heavy atom. The van der Waals surface area contributed by atoms with Crippen molar-refractivity contribution >= 4 is 17.9 Å². The maximum absolute atomic E-state index is 13.8. The van der Waals surface area contributed by atoms with Gasteiger partial charge in [0.05, 0.1) is 18.9 Å². The van der Waals surface area contributed by atoms with Gasteiger partial charge in [-0.25, -0.2) is 14.6 Å². The van der Waals surface area contributed by atoms with Crippen LogP contribution in [0.4, 0.5) is 9.59 Å². The van der Waals surface area contributed by atoms with E-state index >= 15 is 0 Å². The monoisotopic (exact) mass is 512 g/mol. The number of ether oxygens (including phenoxy) is 2. The molecular weight excluding hydrogens is 484 g/mol. The number of carbonyl (C=O) groups excluding carboxylic acids is 2. The van der Waals surface area contributed by atoms with Gasteiger partial charge in [0, 0.05) is 17.4 Å². The zero-order valence-corrected chi connectivity index (χ0v) is 21.7. The van der Waals surface area contributed by atoms with Gasteiger partial charge in [-0.1, -0.05) is 74.5 Å². The molecule has 0 bridgehead atoms. The molecule has 0 radical (unpaired) electrons. The van der Waals surface area contributed by atoms with Crippen molar-refractivity contribution in [1.29, 1.82) is 10.5 Å². The summed E-state index contributed by atoms with van der Waals surface area (Å²) in [4.78, 5) is 27.3. The maximum atomic E-state index is 13.8. The Kier molecular flexibility index (Phi) is 5.79. The molecule has 0 unspecified atom stereocenters. The fourth-order valence-corrected chi connectivity index (χ4v) is 6.18. The molecule has 10 nitrogen and oxygen atoms in total. The van der Waals surface area contributed by atoms with E-state index in [0.717, 1.165) is 15.6 Å². The topological polar surface area (TPSA) is 122 Å². The van der Waals surface area contributed by atoms with Crippen molar-refractivity contribution in [3.05, 3.63) is 71.8 Å². The van der Waals surface area contributed by atoms with Crippen LogP contribution in [-0.4, -0.2) is 51.8 Å². The first kappa shape index (κ1) is 25.1. The van der Waals surface area contributed by atoms with E-state index in [0.29, 0.717) is 11.3 Å². The molecule has 0 spiro atoms. The van der Waals surface area contributed by atoms with Crippen LogP contribution in [0.15, 0.2) is 65.8 Å². The number of fused-ring (bicyclic) bond motifs is 3. The predicted octanol–water partition coefficient (Wildman–Crippen LogP) is 4.42. The number of rotatable bonds is 4. The normalized spacial score (nSPS) is 25.7. The number of carbonyl (C=O) groups is 2. The molecule has 2 aromatic rings. The van der Waals surface area contributed by atoms with Crippen LogP contribution in [0.3, 0.4) is 0 Å². The summed E-state index contributed by atoms with van der Waals surface area (Å²) >= 11 is 0. The molecule has 0 N–H and O–H groups in total. The van der Waals surface area contributed by atoms with Gasteiger partial charge in [-0.15, -0.1) is 0 Å². The molecule has 3 aliphatic rings. The van der Waals surface area contributed by atoms with E-state index < -0.39 is 28.9 Å². The van der Waals surface area contributed by atoms with E-state index in [1.165, 1.54) is 5.01 Å². The van der Waals surface area contributed by atoms with Crippen molar-refractivity contribution in [2.75, 3.05) is 13.2 Å². The van der Waals surface area contributed by atoms with Gasteiger partial charge in [0.2, 0.25) is 0 Å². The van der Waals surface area contributed by atoms with Crippen molar-refractivity contribution in [3.8, 4) is 12.1 Å². The molecule has 2 amide bonds. The quantitative estimate of drug-likeness (QED) is 0.594. The number of hydrazine groups is 1. The molecule has 38 heavy (non-hydrogen) atoms. The van der Waals surface area contributed by atoms with Crippen LogP contribution in [0.5, 0.6) is 0 Å². The average molecular weight is 513 g/mol. The van der Waals surface area contributed by atoms with Crippen LogP contribution in [0.1, 0.15) is 38.8 Å². The number of amides is 2. The zero-order chi connectivity index (χ0) is 27.3. The first-order chi connectivity index (χ1) is 18.3. The lowest BCUT2D eigenvalue weighted by atomic mass is 9.86. The molecule has 0 aromatic heterocycles. The minimum absolute atomic E-state index is 0.0129. The fraction of sp³-hybridized carbons (Fsp3) is 0.393. The molecule has 3 atom stereocenters. The Balaban J connectivity index is 1.91. The molecule has 5 rings (SSSR count). The summed E-state index contributed by atoms with van der Waals surface area (Å²) in [5, 5.41) is 29.4. The molecule has 2 heterocycles. The molecule has 2 aliphatic heterocycles. The summed E-state index contributed by atoms with van der Waals surface area (Å²) in [6, 6.07) is 22.6. The second kappa shape index (κ2) is 8.77. The third-order valence-corrected chi connectivity index (χ3v) is 7.68. The van der Waals surface area contributed by atoms with Crippen LogP contribution < -0.4 is 0 Å². The third-order valence-electron chi connectivity index (χ3n) is 7.68. The Morgan fingerprint density at radius 1 is 0.895 bits per heavy atom. The first-order valence-corrected chi connectivity index (χ1v) is 12.5. The van der Waals surface area contributed by atoms with Crippen molar-refractivity contribution in [3.63, 3.8) is 0 Å². The SMILES string of the molecule is CCOC(=O)N1N(C(=O)OCC)[C@@]2(c3ccccc3)[C@H]3[C@@H](C(c4ccccc4)=NN2C1(C#N)C#N)C3(C)C. The molecule has 1 saturated heterocycles.